The number of likely N-dealkylation sites (tertiary alicyclic amines) is 1. The Labute approximate surface area is 115 Å². The summed E-state index contributed by atoms with van der Waals surface area (Å²) in [5, 5.41) is 6.12. The number of hydrogen-bond donors (Lipinski definition) is 0. The minimum absolute atomic E-state index is 0.0487. The molecule has 0 saturated carbocycles. The molecular weight excluding hydrogens is 260 g/mol. The third kappa shape index (κ3) is 2.53. The average molecular weight is 276 g/mol. The summed E-state index contributed by atoms with van der Waals surface area (Å²) in [6.07, 6.45) is 5.96. The van der Waals surface area contributed by atoms with Crippen molar-refractivity contribution in [3.05, 3.63) is 34.5 Å². The molecule has 3 rings (SSSR count). The molecule has 2 aromatic rings. The molecule has 1 fully saturated rings. The van der Waals surface area contributed by atoms with Crippen LogP contribution >= 0.6 is 11.3 Å². The first-order chi connectivity index (χ1) is 9.24. The van der Waals surface area contributed by atoms with Gasteiger partial charge in [-0.25, -0.2) is 4.98 Å². The van der Waals surface area contributed by atoms with E-state index in [1.54, 1.807) is 5.51 Å². The van der Waals surface area contributed by atoms with Crippen LogP contribution in [0.15, 0.2) is 23.3 Å². The Balaban J connectivity index is 1.73. The molecule has 0 N–H and O–H groups in total. The van der Waals surface area contributed by atoms with Crippen LogP contribution < -0.4 is 0 Å². The highest BCUT2D eigenvalue weighted by Gasteiger charge is 2.30. The maximum absolute atomic E-state index is 12.4. The minimum Gasteiger partial charge on any atom is -0.332 e. The molecule has 0 aliphatic carbocycles. The van der Waals surface area contributed by atoms with Gasteiger partial charge >= 0.3 is 0 Å². The summed E-state index contributed by atoms with van der Waals surface area (Å²) in [6, 6.07) is 0.230. The van der Waals surface area contributed by atoms with Gasteiger partial charge in [-0.05, 0) is 25.3 Å². The monoisotopic (exact) mass is 276 g/mol. The molecule has 5 nitrogen and oxygen atoms in total. The van der Waals surface area contributed by atoms with Crippen LogP contribution in [0.1, 0.15) is 28.9 Å². The van der Waals surface area contributed by atoms with Crippen LogP contribution in [0.4, 0.5) is 0 Å². The van der Waals surface area contributed by atoms with E-state index < -0.39 is 0 Å². The predicted octanol–water partition coefficient (Wildman–Crippen LogP) is 1.95. The molecule has 19 heavy (non-hydrogen) atoms. The molecule has 3 heterocycles. The summed E-state index contributed by atoms with van der Waals surface area (Å²) >= 11 is 1.46. The van der Waals surface area contributed by atoms with Crippen LogP contribution in [0.2, 0.25) is 0 Å². The molecule has 6 heteroatoms. The molecule has 2 aromatic heterocycles. The number of rotatable bonds is 3. The smallest absolute Gasteiger partial charge is 0.273 e. The van der Waals surface area contributed by atoms with Crippen LogP contribution in [0.3, 0.4) is 0 Å². The number of aromatic nitrogens is 3. The van der Waals surface area contributed by atoms with E-state index in [0.717, 1.165) is 31.5 Å². The Morgan fingerprint density at radius 2 is 2.47 bits per heavy atom. The average Bonchev–Trinajstić information content (AvgIpc) is 3.10. The fourth-order valence-corrected chi connectivity index (χ4v) is 3.07. The number of carbonyl (C=O) groups is 1. The summed E-state index contributed by atoms with van der Waals surface area (Å²) < 4.78 is 1.92. The van der Waals surface area contributed by atoms with Crippen molar-refractivity contribution in [2.24, 2.45) is 0 Å². The summed E-state index contributed by atoms with van der Waals surface area (Å²) in [5.74, 6) is 0.0487. The summed E-state index contributed by atoms with van der Waals surface area (Å²) in [6.45, 7) is 3.61. The van der Waals surface area contributed by atoms with Gasteiger partial charge in [-0.15, -0.1) is 11.3 Å². The largest absolute Gasteiger partial charge is 0.332 e. The molecule has 0 bridgehead atoms. The normalized spacial score (nSPS) is 19.0. The van der Waals surface area contributed by atoms with Crippen molar-refractivity contribution < 1.29 is 4.79 Å². The Morgan fingerprint density at radius 1 is 1.58 bits per heavy atom. The van der Waals surface area contributed by atoms with Gasteiger partial charge in [0.25, 0.3) is 5.91 Å². The quantitative estimate of drug-likeness (QED) is 0.861. The number of aryl methyl sites for hydroxylation is 1. The lowest BCUT2D eigenvalue weighted by atomic mass is 10.2. The highest BCUT2D eigenvalue weighted by Crippen LogP contribution is 2.21. The van der Waals surface area contributed by atoms with E-state index in [1.165, 1.54) is 11.3 Å². The molecule has 1 aliphatic heterocycles. The maximum atomic E-state index is 12.4. The van der Waals surface area contributed by atoms with Gasteiger partial charge in [0.15, 0.2) is 0 Å². The first-order valence-corrected chi connectivity index (χ1v) is 7.36. The lowest BCUT2D eigenvalue weighted by molar-refractivity contribution is 0.0716. The lowest BCUT2D eigenvalue weighted by Gasteiger charge is -2.23. The van der Waals surface area contributed by atoms with Crippen LogP contribution in [0.5, 0.6) is 0 Å². The first-order valence-electron chi connectivity index (χ1n) is 6.42. The van der Waals surface area contributed by atoms with Crippen LogP contribution in [-0.4, -0.2) is 38.2 Å². The number of amides is 1. The van der Waals surface area contributed by atoms with Crippen LogP contribution in [-0.2, 0) is 6.54 Å². The Hall–Kier alpha value is -1.69. The summed E-state index contributed by atoms with van der Waals surface area (Å²) in [7, 11) is 0. The number of hydrogen-bond acceptors (Lipinski definition) is 4. The van der Waals surface area contributed by atoms with Gasteiger partial charge < -0.3 is 4.90 Å². The van der Waals surface area contributed by atoms with E-state index in [2.05, 4.69) is 10.1 Å². The topological polar surface area (TPSA) is 51.0 Å². The molecule has 100 valence electrons. The highest BCUT2D eigenvalue weighted by molar-refractivity contribution is 7.07. The molecule has 1 amide bonds. The summed E-state index contributed by atoms with van der Waals surface area (Å²) in [4.78, 5) is 18.4. The molecule has 0 unspecified atom stereocenters. The Morgan fingerprint density at radius 3 is 3.16 bits per heavy atom. The zero-order valence-corrected chi connectivity index (χ0v) is 11.6. The highest BCUT2D eigenvalue weighted by atomic mass is 32.1. The fraction of sp³-hybridized carbons (Fsp3) is 0.462. The molecule has 0 aromatic carbocycles. The van der Waals surface area contributed by atoms with Crippen molar-refractivity contribution in [3.63, 3.8) is 0 Å². The van der Waals surface area contributed by atoms with Crippen molar-refractivity contribution in [2.75, 3.05) is 6.54 Å². The van der Waals surface area contributed by atoms with E-state index in [4.69, 9.17) is 0 Å². The second kappa shape index (κ2) is 5.13. The van der Waals surface area contributed by atoms with Gasteiger partial charge in [0, 0.05) is 18.1 Å². The zero-order valence-electron chi connectivity index (χ0n) is 10.8. The Bertz CT molecular complexity index is 563. The van der Waals surface area contributed by atoms with Crippen LogP contribution in [0, 0.1) is 6.92 Å². The van der Waals surface area contributed by atoms with Crippen molar-refractivity contribution in [1.29, 1.82) is 0 Å². The molecular formula is C13H16N4OS. The Kier molecular flexibility index (Phi) is 3.33. The standard InChI is InChI=1S/C13H16N4OS/c1-10-5-15-16(6-10)7-11-3-2-4-17(11)13(18)12-8-19-9-14-12/h5-6,8-9,11H,2-4,7H2,1H3/t11-/m0/s1. The molecule has 0 spiro atoms. The van der Waals surface area contributed by atoms with E-state index >= 15 is 0 Å². The van der Waals surface area contributed by atoms with E-state index in [-0.39, 0.29) is 11.9 Å². The van der Waals surface area contributed by atoms with Gasteiger partial charge in [-0.1, -0.05) is 0 Å². The van der Waals surface area contributed by atoms with E-state index in [1.807, 2.05) is 34.3 Å². The van der Waals surface area contributed by atoms with Gasteiger partial charge in [-0.3, -0.25) is 9.48 Å². The molecule has 1 saturated heterocycles. The first kappa shape index (κ1) is 12.3. The third-order valence-electron chi connectivity index (χ3n) is 3.45. The lowest BCUT2D eigenvalue weighted by Crippen LogP contribution is -2.38. The van der Waals surface area contributed by atoms with Crippen molar-refractivity contribution in [1.82, 2.24) is 19.7 Å². The van der Waals surface area contributed by atoms with Crippen molar-refractivity contribution in [2.45, 2.75) is 32.4 Å². The number of thiazole rings is 1. The SMILES string of the molecule is Cc1cnn(C[C@@H]2CCCN2C(=O)c2cscn2)c1. The zero-order chi connectivity index (χ0) is 13.2. The second-order valence-corrected chi connectivity index (χ2v) is 5.63. The fourth-order valence-electron chi connectivity index (χ4n) is 2.54. The van der Waals surface area contributed by atoms with Gasteiger partial charge in [0.05, 0.1) is 24.3 Å². The van der Waals surface area contributed by atoms with E-state index in [0.29, 0.717) is 5.69 Å². The van der Waals surface area contributed by atoms with Gasteiger partial charge in [0.1, 0.15) is 5.69 Å². The van der Waals surface area contributed by atoms with Crippen molar-refractivity contribution >= 4 is 17.2 Å². The minimum atomic E-state index is 0.0487. The molecule has 1 aliphatic rings. The molecule has 0 radical (unpaired) electrons. The van der Waals surface area contributed by atoms with E-state index in [9.17, 15) is 4.79 Å². The maximum Gasteiger partial charge on any atom is 0.273 e. The number of carbonyl (C=O) groups excluding carboxylic acids is 1. The molecule has 1 atom stereocenters. The summed E-state index contributed by atoms with van der Waals surface area (Å²) in [5.41, 5.74) is 3.42. The predicted molar refractivity (Wildman–Crippen MR) is 73.1 cm³/mol. The third-order valence-corrected chi connectivity index (χ3v) is 4.04. The van der Waals surface area contributed by atoms with Crippen LogP contribution in [0.25, 0.3) is 0 Å². The number of nitrogens with zero attached hydrogens (tertiary/aromatic N) is 4. The second-order valence-electron chi connectivity index (χ2n) is 4.91. The van der Waals surface area contributed by atoms with Gasteiger partial charge in [0.2, 0.25) is 0 Å². The van der Waals surface area contributed by atoms with Gasteiger partial charge in [-0.2, -0.15) is 5.10 Å². The van der Waals surface area contributed by atoms with Crippen molar-refractivity contribution in [3.8, 4) is 0 Å².